The van der Waals surface area contributed by atoms with Crippen LogP contribution in [0.5, 0.6) is 23.0 Å². The predicted octanol–water partition coefficient (Wildman–Crippen LogP) is 6.42. The van der Waals surface area contributed by atoms with E-state index in [4.69, 9.17) is 9.47 Å². The molecule has 0 aliphatic heterocycles. The lowest BCUT2D eigenvalue weighted by Gasteiger charge is -2.08. The lowest BCUT2D eigenvalue weighted by Crippen LogP contribution is -1.97. The molecule has 0 bridgehead atoms. The van der Waals surface area contributed by atoms with Gasteiger partial charge in [0.15, 0.2) is 11.4 Å². The molecule has 2 aromatic carbocycles. The lowest BCUT2D eigenvalue weighted by molar-refractivity contribution is 0.302. The van der Waals surface area contributed by atoms with Crippen molar-refractivity contribution in [1.82, 2.24) is 0 Å². The number of nitrogens with zero attached hydrogens (tertiary/aromatic N) is 4. The smallest absolute Gasteiger partial charge is 0.176 e. The Balaban J connectivity index is 1.96. The second kappa shape index (κ2) is 16.4. The molecule has 0 unspecified atom stereocenters. The molecule has 0 aromatic heterocycles. The minimum Gasteiger partial charge on any atom is -0.507 e. The van der Waals surface area contributed by atoms with Crippen molar-refractivity contribution in [3.8, 4) is 35.1 Å². The van der Waals surface area contributed by atoms with Crippen molar-refractivity contribution in [2.45, 2.75) is 58.3 Å². The van der Waals surface area contributed by atoms with Crippen LogP contribution in [0.1, 0.15) is 69.4 Å². The van der Waals surface area contributed by atoms with Crippen molar-refractivity contribution in [3.05, 3.63) is 58.9 Å². The Kier molecular flexibility index (Phi) is 12.8. The molecule has 0 aliphatic carbocycles. The Bertz CT molecular complexity index is 1190. The number of unbranched alkanes of at least 4 members (excludes halogenated alkanes) is 7. The van der Waals surface area contributed by atoms with Crippen LogP contribution in [0, 0.1) is 22.7 Å². The fourth-order valence-corrected chi connectivity index (χ4v) is 3.46. The van der Waals surface area contributed by atoms with Crippen molar-refractivity contribution in [2.75, 3.05) is 13.7 Å². The zero-order valence-electron chi connectivity index (χ0n) is 21.5. The second-order valence-electron chi connectivity index (χ2n) is 8.41. The van der Waals surface area contributed by atoms with Gasteiger partial charge in [0, 0.05) is 35.7 Å². The maximum Gasteiger partial charge on any atom is 0.176 e. The highest BCUT2D eigenvalue weighted by Crippen LogP contribution is 2.24. The number of allylic oxidation sites excluding steroid dienone is 2. The summed E-state index contributed by atoms with van der Waals surface area (Å²) < 4.78 is 10.8. The van der Waals surface area contributed by atoms with Crippen molar-refractivity contribution < 1.29 is 19.7 Å². The number of benzene rings is 2. The molecule has 2 rings (SSSR count). The van der Waals surface area contributed by atoms with E-state index >= 15 is 0 Å². The summed E-state index contributed by atoms with van der Waals surface area (Å²) in [6, 6.07) is 13.1. The molecule has 2 aromatic rings. The van der Waals surface area contributed by atoms with Crippen molar-refractivity contribution >= 4 is 12.4 Å². The number of hydrogen-bond donors (Lipinski definition) is 2. The number of aromatic hydroxyl groups is 2. The largest absolute Gasteiger partial charge is 0.507 e. The summed E-state index contributed by atoms with van der Waals surface area (Å²) >= 11 is 0. The Hall–Kier alpha value is -4.30. The Morgan fingerprint density at radius 2 is 1.27 bits per heavy atom. The molecule has 0 atom stereocenters. The third kappa shape index (κ3) is 10.1. The van der Waals surface area contributed by atoms with Gasteiger partial charge in [-0.25, -0.2) is 9.98 Å². The maximum absolute atomic E-state index is 10.3. The van der Waals surface area contributed by atoms with Gasteiger partial charge >= 0.3 is 0 Å². The minimum atomic E-state index is -0.237. The first kappa shape index (κ1) is 28.9. The third-order valence-corrected chi connectivity index (χ3v) is 5.61. The van der Waals surface area contributed by atoms with Crippen LogP contribution in [-0.4, -0.2) is 36.4 Å². The zero-order valence-corrected chi connectivity index (χ0v) is 21.5. The highest BCUT2D eigenvalue weighted by atomic mass is 16.5. The number of nitriles is 2. The van der Waals surface area contributed by atoms with Gasteiger partial charge in [0.05, 0.1) is 13.7 Å². The molecular weight excluding hydrogens is 468 g/mol. The van der Waals surface area contributed by atoms with Gasteiger partial charge in [-0.2, -0.15) is 10.5 Å². The molecule has 0 radical (unpaired) electrons. The first-order valence-electron chi connectivity index (χ1n) is 12.5. The van der Waals surface area contributed by atoms with Crippen LogP contribution in [0.15, 0.2) is 57.8 Å². The predicted molar refractivity (Wildman–Crippen MR) is 144 cm³/mol. The van der Waals surface area contributed by atoms with Gasteiger partial charge in [-0.3, -0.25) is 0 Å². The fraction of sp³-hybridized carbons (Fsp3) is 0.379. The molecule has 0 aliphatic rings. The first-order chi connectivity index (χ1) is 18.0. The summed E-state index contributed by atoms with van der Waals surface area (Å²) in [5, 5.41) is 39.3. The number of phenolic OH excluding ortho intramolecular Hbond substituents is 2. The third-order valence-electron chi connectivity index (χ3n) is 5.61. The topological polar surface area (TPSA) is 131 Å². The SMILES string of the molecule is CCCCCCCCCCOc1ccc(C=N/C(C#N)=C(/C#N)N=Cc2ccc(OC)cc2O)c(O)c1. The summed E-state index contributed by atoms with van der Waals surface area (Å²) in [6.07, 6.45) is 12.3. The van der Waals surface area contributed by atoms with Crippen LogP contribution in [0.25, 0.3) is 0 Å². The van der Waals surface area contributed by atoms with Crippen molar-refractivity contribution in [1.29, 1.82) is 10.5 Å². The van der Waals surface area contributed by atoms with Gasteiger partial charge in [-0.1, -0.05) is 51.9 Å². The number of aliphatic imine (C=N–C) groups is 2. The number of methoxy groups -OCH3 is 1. The summed E-state index contributed by atoms with van der Waals surface area (Å²) in [5.41, 5.74) is 0.233. The molecule has 2 N–H and O–H groups in total. The highest BCUT2D eigenvalue weighted by Gasteiger charge is 2.07. The minimum absolute atomic E-state index is 0.0559. The molecule has 8 heteroatoms. The number of rotatable bonds is 15. The molecule has 8 nitrogen and oxygen atoms in total. The van der Waals surface area contributed by atoms with Gasteiger partial charge in [0.1, 0.15) is 35.1 Å². The Morgan fingerprint density at radius 1 is 0.784 bits per heavy atom. The zero-order chi connectivity index (χ0) is 26.9. The normalized spacial score (nSPS) is 11.8. The summed E-state index contributed by atoms with van der Waals surface area (Å²) in [7, 11) is 1.48. The molecule has 0 saturated heterocycles. The highest BCUT2D eigenvalue weighted by molar-refractivity contribution is 5.86. The molecule has 37 heavy (non-hydrogen) atoms. The number of ether oxygens (including phenoxy) is 2. The van der Waals surface area contributed by atoms with Crippen LogP contribution in [0.4, 0.5) is 0 Å². The van der Waals surface area contributed by atoms with E-state index in [2.05, 4.69) is 16.9 Å². The van der Waals surface area contributed by atoms with Crippen molar-refractivity contribution in [2.24, 2.45) is 9.98 Å². The molecule has 0 fully saturated rings. The van der Waals surface area contributed by atoms with Gasteiger partial charge in [-0.15, -0.1) is 0 Å². The average molecular weight is 503 g/mol. The molecule has 0 saturated carbocycles. The summed E-state index contributed by atoms with van der Waals surface area (Å²) in [5.74, 6) is 0.879. The summed E-state index contributed by atoms with van der Waals surface area (Å²) in [6.45, 7) is 2.80. The molecule has 0 spiro atoms. The van der Waals surface area contributed by atoms with Crippen molar-refractivity contribution in [3.63, 3.8) is 0 Å². The standard InChI is InChI=1S/C29H34N4O4/c1-3-4-5-6-7-8-9-10-15-37-25-14-12-23(29(35)17-25)21-33-27(19-31)26(18-30)32-20-22-11-13-24(36-2)16-28(22)34/h11-14,16-17,20-21,34-35H,3-10,15H2,1-2H3/b27-26-,32-20?,33-21?. The number of phenols is 2. The van der Waals surface area contributed by atoms with E-state index in [0.29, 0.717) is 29.2 Å². The van der Waals surface area contributed by atoms with Crippen LogP contribution in [-0.2, 0) is 0 Å². The van der Waals surface area contributed by atoms with E-state index in [9.17, 15) is 20.7 Å². The molecule has 194 valence electrons. The number of hydrogen-bond acceptors (Lipinski definition) is 8. The van der Waals surface area contributed by atoms with Gasteiger partial charge in [0.25, 0.3) is 0 Å². The monoisotopic (exact) mass is 502 g/mol. The summed E-state index contributed by atoms with van der Waals surface area (Å²) in [4.78, 5) is 8.03. The quantitative estimate of drug-likeness (QED) is 0.164. The van der Waals surface area contributed by atoms with E-state index < -0.39 is 0 Å². The van der Waals surface area contributed by atoms with Crippen LogP contribution in [0.3, 0.4) is 0 Å². The van der Waals surface area contributed by atoms with Crippen LogP contribution in [0.2, 0.25) is 0 Å². The Labute approximate surface area is 218 Å². The fourth-order valence-electron chi connectivity index (χ4n) is 3.46. The van der Waals surface area contributed by atoms with E-state index in [1.807, 2.05) is 12.1 Å². The lowest BCUT2D eigenvalue weighted by atomic mass is 10.1. The Morgan fingerprint density at radius 3 is 1.76 bits per heavy atom. The first-order valence-corrected chi connectivity index (χ1v) is 12.5. The second-order valence-corrected chi connectivity index (χ2v) is 8.41. The maximum atomic E-state index is 10.3. The van der Waals surface area contributed by atoms with Crippen LogP contribution < -0.4 is 9.47 Å². The van der Waals surface area contributed by atoms with E-state index in [-0.39, 0.29) is 22.9 Å². The van der Waals surface area contributed by atoms with E-state index in [0.717, 1.165) is 12.8 Å². The van der Waals surface area contributed by atoms with Gasteiger partial charge in [-0.05, 0) is 30.7 Å². The van der Waals surface area contributed by atoms with Gasteiger partial charge < -0.3 is 19.7 Å². The van der Waals surface area contributed by atoms with E-state index in [1.54, 1.807) is 24.3 Å². The van der Waals surface area contributed by atoms with Gasteiger partial charge in [0.2, 0.25) is 0 Å². The molecule has 0 amide bonds. The molecular formula is C29H34N4O4. The van der Waals surface area contributed by atoms with E-state index in [1.165, 1.54) is 70.2 Å². The molecule has 0 heterocycles. The average Bonchev–Trinajstić information content (AvgIpc) is 2.91. The van der Waals surface area contributed by atoms with Crippen LogP contribution >= 0.6 is 0 Å².